The molecule has 0 saturated carbocycles. The van der Waals surface area contributed by atoms with Crippen LogP contribution in [0.25, 0.3) is 11.1 Å². The molecule has 0 radical (unpaired) electrons. The molecule has 9 heteroatoms. The van der Waals surface area contributed by atoms with Gasteiger partial charge in [0, 0.05) is 0 Å². The molecule has 0 bridgehead atoms. The maximum atomic E-state index is 13.7. The fourth-order valence-corrected chi connectivity index (χ4v) is 3.59. The molecule has 1 heterocycles. The molecule has 0 amide bonds. The predicted molar refractivity (Wildman–Crippen MR) is 100 cm³/mol. The van der Waals surface area contributed by atoms with E-state index in [-0.39, 0.29) is 5.56 Å². The number of aliphatic hydroxyl groups is 5. The van der Waals surface area contributed by atoms with Crippen LogP contribution in [0.4, 0.5) is 8.78 Å². The van der Waals surface area contributed by atoms with E-state index < -0.39 is 59.9 Å². The van der Waals surface area contributed by atoms with Crippen molar-refractivity contribution in [2.45, 2.75) is 43.5 Å². The van der Waals surface area contributed by atoms with Crippen molar-refractivity contribution in [3.05, 3.63) is 58.1 Å². The van der Waals surface area contributed by atoms with Crippen molar-refractivity contribution in [3.8, 4) is 11.1 Å². The number of rotatable bonds is 4. The van der Waals surface area contributed by atoms with Crippen molar-refractivity contribution in [3.63, 3.8) is 0 Å². The first-order valence-electron chi connectivity index (χ1n) is 8.89. The summed E-state index contributed by atoms with van der Waals surface area (Å²) in [6.45, 7) is 1.04. The number of aliphatic hydroxyl groups excluding tert-OH is 5. The molecule has 1 aliphatic heterocycles. The zero-order chi connectivity index (χ0) is 21.5. The first kappa shape index (κ1) is 22.0. The van der Waals surface area contributed by atoms with E-state index in [1.165, 1.54) is 12.1 Å². The molecule has 3 rings (SSSR count). The van der Waals surface area contributed by atoms with Crippen molar-refractivity contribution in [2.24, 2.45) is 0 Å². The third-order valence-corrected chi connectivity index (χ3v) is 5.51. The molecule has 29 heavy (non-hydrogen) atoms. The van der Waals surface area contributed by atoms with E-state index in [0.29, 0.717) is 16.7 Å². The van der Waals surface area contributed by atoms with Crippen LogP contribution < -0.4 is 0 Å². The summed E-state index contributed by atoms with van der Waals surface area (Å²) in [6.07, 6.45) is -8.58. The molecule has 6 nitrogen and oxygen atoms in total. The maximum absolute atomic E-state index is 13.7. The fourth-order valence-electron chi connectivity index (χ4n) is 3.48. The molecular formula is C20H21ClF2O6. The van der Waals surface area contributed by atoms with E-state index in [9.17, 15) is 34.3 Å². The largest absolute Gasteiger partial charge is 0.394 e. The smallest absolute Gasteiger partial charge is 0.145 e. The predicted octanol–water partition coefficient (Wildman–Crippen LogP) is 1.47. The highest BCUT2D eigenvalue weighted by molar-refractivity contribution is 6.31. The van der Waals surface area contributed by atoms with Gasteiger partial charge in [-0.15, -0.1) is 0 Å². The van der Waals surface area contributed by atoms with Gasteiger partial charge in [0.1, 0.15) is 53.3 Å². The van der Waals surface area contributed by atoms with Gasteiger partial charge in [0.15, 0.2) is 0 Å². The quantitative estimate of drug-likeness (QED) is 0.470. The van der Waals surface area contributed by atoms with Crippen molar-refractivity contribution in [2.75, 3.05) is 6.61 Å². The fraction of sp³-hybridized carbons (Fsp3) is 0.400. The highest BCUT2D eigenvalue weighted by Crippen LogP contribution is 2.34. The van der Waals surface area contributed by atoms with Crippen molar-refractivity contribution in [1.82, 2.24) is 0 Å². The van der Waals surface area contributed by atoms with E-state index in [1.54, 1.807) is 13.0 Å². The second kappa shape index (κ2) is 8.61. The van der Waals surface area contributed by atoms with Crippen LogP contribution in [0.2, 0.25) is 5.02 Å². The Morgan fingerprint density at radius 1 is 1.00 bits per heavy atom. The highest BCUT2D eigenvalue weighted by atomic mass is 35.5. The van der Waals surface area contributed by atoms with Crippen LogP contribution in [0.3, 0.4) is 0 Å². The minimum absolute atomic E-state index is 0.251. The summed E-state index contributed by atoms with van der Waals surface area (Å²) >= 11 is 5.50. The number of aryl methyl sites for hydroxylation is 1. The summed E-state index contributed by atoms with van der Waals surface area (Å²) < 4.78 is 32.9. The SMILES string of the molecule is Cc1cc(-c2cc(F)c(Cl)c(F)c2)ccc1[C@@H](O)[C@H]1OC(CO)[C@@H](O)C(O)C1O. The van der Waals surface area contributed by atoms with Crippen molar-refractivity contribution in [1.29, 1.82) is 0 Å². The lowest BCUT2D eigenvalue weighted by Crippen LogP contribution is -2.59. The second-order valence-corrected chi connectivity index (χ2v) is 7.44. The first-order valence-corrected chi connectivity index (χ1v) is 9.27. The molecule has 2 aromatic carbocycles. The highest BCUT2D eigenvalue weighted by Gasteiger charge is 2.46. The van der Waals surface area contributed by atoms with Crippen LogP contribution in [0.15, 0.2) is 30.3 Å². The van der Waals surface area contributed by atoms with Crippen LogP contribution in [0, 0.1) is 18.6 Å². The second-order valence-electron chi connectivity index (χ2n) is 7.06. The Balaban J connectivity index is 1.90. The van der Waals surface area contributed by atoms with Gasteiger partial charge in [0.05, 0.1) is 6.61 Å². The van der Waals surface area contributed by atoms with E-state index >= 15 is 0 Å². The molecule has 158 valence electrons. The first-order chi connectivity index (χ1) is 13.6. The molecule has 0 spiro atoms. The molecule has 6 atom stereocenters. The van der Waals surface area contributed by atoms with Gasteiger partial charge in [-0.3, -0.25) is 0 Å². The number of halogens is 3. The summed E-state index contributed by atoms with van der Waals surface area (Å²) in [5.41, 5.74) is 1.60. The lowest BCUT2D eigenvalue weighted by Gasteiger charge is -2.42. The topological polar surface area (TPSA) is 110 Å². The van der Waals surface area contributed by atoms with Crippen LogP contribution >= 0.6 is 11.6 Å². The summed E-state index contributed by atoms with van der Waals surface area (Å²) in [4.78, 5) is 0. The molecule has 5 N–H and O–H groups in total. The Morgan fingerprint density at radius 2 is 1.62 bits per heavy atom. The number of benzene rings is 2. The van der Waals surface area contributed by atoms with Crippen molar-refractivity contribution < 1.29 is 39.1 Å². The number of hydrogen-bond donors (Lipinski definition) is 5. The van der Waals surface area contributed by atoms with Gasteiger partial charge >= 0.3 is 0 Å². The van der Waals surface area contributed by atoms with Crippen LogP contribution in [-0.4, -0.2) is 62.7 Å². The van der Waals surface area contributed by atoms with Crippen LogP contribution in [0.5, 0.6) is 0 Å². The summed E-state index contributed by atoms with van der Waals surface area (Å²) in [6, 6.07) is 6.80. The van der Waals surface area contributed by atoms with E-state index in [4.69, 9.17) is 16.3 Å². The maximum Gasteiger partial charge on any atom is 0.145 e. The minimum atomic E-state index is -1.61. The van der Waals surface area contributed by atoms with Gasteiger partial charge in [0.25, 0.3) is 0 Å². The summed E-state index contributed by atoms with van der Waals surface area (Å²) in [5.74, 6) is -1.80. The average Bonchev–Trinajstić information content (AvgIpc) is 2.69. The summed E-state index contributed by atoms with van der Waals surface area (Å²) in [5, 5.41) is 49.4. The zero-order valence-corrected chi connectivity index (χ0v) is 16.1. The van der Waals surface area contributed by atoms with Gasteiger partial charge in [-0.2, -0.15) is 0 Å². The Bertz CT molecular complexity index is 870. The molecule has 0 aliphatic carbocycles. The van der Waals surface area contributed by atoms with Gasteiger partial charge < -0.3 is 30.3 Å². The molecule has 3 unspecified atom stereocenters. The molecular weight excluding hydrogens is 410 g/mol. The van der Waals surface area contributed by atoms with Gasteiger partial charge in [-0.1, -0.05) is 29.8 Å². The number of hydrogen-bond acceptors (Lipinski definition) is 6. The minimum Gasteiger partial charge on any atom is -0.394 e. The Hall–Kier alpha value is -1.65. The standard InChI is InChI=1S/C20H21ClF2O6/c1-8-4-9(10-5-12(22)15(21)13(23)6-10)2-3-11(8)16(25)20-19(28)18(27)17(26)14(7-24)29-20/h2-6,14,16-20,24-28H,7H2,1H3/t14?,16-,17-,18?,19?,20-/m1/s1. The van der Waals surface area contributed by atoms with Gasteiger partial charge in [-0.25, -0.2) is 8.78 Å². The van der Waals surface area contributed by atoms with Gasteiger partial charge in [-0.05, 0) is 41.3 Å². The zero-order valence-electron chi connectivity index (χ0n) is 15.3. The lowest BCUT2D eigenvalue weighted by atomic mass is 9.88. The third-order valence-electron chi connectivity index (χ3n) is 5.15. The van der Waals surface area contributed by atoms with Crippen LogP contribution in [-0.2, 0) is 4.74 Å². The number of ether oxygens (including phenoxy) is 1. The van der Waals surface area contributed by atoms with E-state index in [0.717, 1.165) is 12.1 Å². The lowest BCUT2D eigenvalue weighted by molar-refractivity contribution is -0.250. The Labute approximate surface area is 170 Å². The van der Waals surface area contributed by atoms with Crippen LogP contribution in [0.1, 0.15) is 17.2 Å². The van der Waals surface area contributed by atoms with Crippen molar-refractivity contribution >= 4 is 11.6 Å². The Kier molecular flexibility index (Phi) is 6.54. The molecule has 2 aromatic rings. The van der Waals surface area contributed by atoms with E-state index in [1.807, 2.05) is 0 Å². The third kappa shape index (κ3) is 4.15. The normalized spacial score (nSPS) is 28.4. The molecule has 1 saturated heterocycles. The molecule has 1 fully saturated rings. The Morgan fingerprint density at radius 3 is 2.17 bits per heavy atom. The summed E-state index contributed by atoms with van der Waals surface area (Å²) in [7, 11) is 0. The van der Waals surface area contributed by atoms with E-state index in [2.05, 4.69) is 0 Å². The molecule has 1 aliphatic rings. The monoisotopic (exact) mass is 430 g/mol. The van der Waals surface area contributed by atoms with Gasteiger partial charge in [0.2, 0.25) is 0 Å². The molecule has 0 aromatic heterocycles. The average molecular weight is 431 g/mol.